The minimum atomic E-state index is -0.551. The number of fused-ring (bicyclic) bond motifs is 1. The molecule has 2 rings (SSSR count). The summed E-state index contributed by atoms with van der Waals surface area (Å²) in [6.45, 7) is 7.90. The van der Waals surface area contributed by atoms with Gasteiger partial charge in [-0.2, -0.15) is 0 Å². The van der Waals surface area contributed by atoms with E-state index in [2.05, 4.69) is 23.1 Å². The fourth-order valence-electron chi connectivity index (χ4n) is 2.82. The standard InChI is InChI=1S/C19H29N3O4S/c1-12-7-8-14-13(10-12)11-15(27-14)17(24)22-21-16(23)6-5-9-20-18(25)26-19(2,3)4/h11-12H,5-10H2,1-4H3,(H,20,25)(H,21,23)(H,22,24)/t12-/m0/s1. The molecule has 0 aliphatic heterocycles. The van der Waals surface area contributed by atoms with Crippen LogP contribution in [0.2, 0.25) is 0 Å². The summed E-state index contributed by atoms with van der Waals surface area (Å²) in [6, 6.07) is 1.93. The Kier molecular flexibility index (Phi) is 7.24. The summed E-state index contributed by atoms with van der Waals surface area (Å²) in [5.74, 6) is 0.0589. The molecular formula is C19H29N3O4S. The van der Waals surface area contributed by atoms with Crippen LogP contribution in [0.25, 0.3) is 0 Å². The molecule has 1 heterocycles. The van der Waals surface area contributed by atoms with Crippen LogP contribution in [-0.2, 0) is 22.4 Å². The van der Waals surface area contributed by atoms with Gasteiger partial charge in [0.15, 0.2) is 0 Å². The first kappa shape index (κ1) is 21.2. The number of rotatable bonds is 5. The van der Waals surface area contributed by atoms with Gasteiger partial charge in [-0.15, -0.1) is 11.3 Å². The Morgan fingerprint density at radius 1 is 1.26 bits per heavy atom. The lowest BCUT2D eigenvalue weighted by atomic mass is 9.90. The topological polar surface area (TPSA) is 96.5 Å². The number of carbonyl (C=O) groups is 3. The number of aryl methyl sites for hydroxylation is 1. The van der Waals surface area contributed by atoms with Gasteiger partial charge in [-0.3, -0.25) is 20.4 Å². The number of hydrogen-bond donors (Lipinski definition) is 3. The van der Waals surface area contributed by atoms with Gasteiger partial charge in [-0.05, 0) is 64.0 Å². The van der Waals surface area contributed by atoms with Gasteiger partial charge in [0.25, 0.3) is 5.91 Å². The Hall–Kier alpha value is -2.09. The van der Waals surface area contributed by atoms with Crippen molar-refractivity contribution in [3.63, 3.8) is 0 Å². The van der Waals surface area contributed by atoms with Gasteiger partial charge in [-0.25, -0.2) is 4.79 Å². The predicted molar refractivity (Wildman–Crippen MR) is 105 cm³/mol. The average Bonchev–Trinajstić information content (AvgIpc) is 2.98. The van der Waals surface area contributed by atoms with Crippen LogP contribution in [0.5, 0.6) is 0 Å². The monoisotopic (exact) mass is 395 g/mol. The maximum Gasteiger partial charge on any atom is 0.407 e. The van der Waals surface area contributed by atoms with Crippen molar-refractivity contribution in [3.8, 4) is 0 Å². The second-order valence-corrected chi connectivity index (χ2v) is 9.08. The molecule has 8 heteroatoms. The summed E-state index contributed by atoms with van der Waals surface area (Å²) in [7, 11) is 0. The fraction of sp³-hybridized carbons (Fsp3) is 0.632. The van der Waals surface area contributed by atoms with Crippen LogP contribution in [0.15, 0.2) is 6.07 Å². The second kappa shape index (κ2) is 9.21. The highest BCUT2D eigenvalue weighted by atomic mass is 32.1. The number of carbonyl (C=O) groups excluding carboxylic acids is 3. The lowest BCUT2D eigenvalue weighted by Gasteiger charge is -2.19. The summed E-state index contributed by atoms with van der Waals surface area (Å²) in [5.41, 5.74) is 5.58. The molecular weight excluding hydrogens is 366 g/mol. The van der Waals surface area contributed by atoms with Crippen molar-refractivity contribution in [1.29, 1.82) is 0 Å². The molecule has 1 aliphatic rings. The van der Waals surface area contributed by atoms with Crippen molar-refractivity contribution in [2.75, 3.05) is 6.54 Å². The largest absolute Gasteiger partial charge is 0.444 e. The average molecular weight is 396 g/mol. The molecule has 0 fully saturated rings. The third-order valence-electron chi connectivity index (χ3n) is 4.12. The fourth-order valence-corrected chi connectivity index (χ4v) is 3.93. The van der Waals surface area contributed by atoms with Crippen molar-refractivity contribution in [3.05, 3.63) is 21.4 Å². The number of nitrogens with one attached hydrogen (secondary N) is 3. The van der Waals surface area contributed by atoms with E-state index < -0.39 is 11.7 Å². The molecule has 1 aliphatic carbocycles. The lowest BCUT2D eigenvalue weighted by molar-refractivity contribution is -0.121. The van der Waals surface area contributed by atoms with Crippen LogP contribution in [0.1, 0.15) is 67.1 Å². The molecule has 3 N–H and O–H groups in total. The van der Waals surface area contributed by atoms with E-state index in [1.807, 2.05) is 6.07 Å². The first-order chi connectivity index (χ1) is 12.6. The molecule has 1 atom stereocenters. The van der Waals surface area contributed by atoms with Crippen LogP contribution in [-0.4, -0.2) is 30.1 Å². The van der Waals surface area contributed by atoms with Crippen molar-refractivity contribution in [2.24, 2.45) is 5.92 Å². The van der Waals surface area contributed by atoms with Crippen molar-refractivity contribution < 1.29 is 19.1 Å². The van der Waals surface area contributed by atoms with Crippen LogP contribution in [0, 0.1) is 5.92 Å². The van der Waals surface area contributed by atoms with Crippen LogP contribution in [0.3, 0.4) is 0 Å². The van der Waals surface area contributed by atoms with E-state index in [-0.39, 0.29) is 18.2 Å². The van der Waals surface area contributed by atoms with Gasteiger partial charge in [-0.1, -0.05) is 6.92 Å². The molecule has 0 saturated heterocycles. The SMILES string of the molecule is C[C@H]1CCc2sc(C(=O)NNC(=O)CCCNC(=O)OC(C)(C)C)cc2C1. The second-order valence-electron chi connectivity index (χ2n) is 7.94. The van der Waals surface area contributed by atoms with E-state index in [1.54, 1.807) is 20.8 Å². The molecule has 0 saturated carbocycles. The number of amides is 3. The molecule has 3 amide bonds. The summed E-state index contributed by atoms with van der Waals surface area (Å²) in [4.78, 5) is 37.4. The normalized spacial score (nSPS) is 16.2. The zero-order valence-corrected chi connectivity index (χ0v) is 17.3. The Labute approximate surface area is 164 Å². The molecule has 0 unspecified atom stereocenters. The maximum absolute atomic E-state index is 12.2. The third-order valence-corrected chi connectivity index (χ3v) is 5.35. The van der Waals surface area contributed by atoms with E-state index in [4.69, 9.17) is 4.74 Å². The van der Waals surface area contributed by atoms with Crippen LogP contribution >= 0.6 is 11.3 Å². The van der Waals surface area contributed by atoms with Gasteiger partial charge in [0.05, 0.1) is 4.88 Å². The maximum atomic E-state index is 12.2. The van der Waals surface area contributed by atoms with Gasteiger partial charge in [0.2, 0.25) is 5.91 Å². The van der Waals surface area contributed by atoms with Gasteiger partial charge >= 0.3 is 6.09 Å². The Morgan fingerprint density at radius 3 is 2.70 bits per heavy atom. The van der Waals surface area contributed by atoms with E-state index in [0.717, 1.165) is 19.3 Å². The van der Waals surface area contributed by atoms with E-state index in [0.29, 0.717) is 23.8 Å². The molecule has 0 bridgehead atoms. The Bertz CT molecular complexity index is 694. The molecule has 0 radical (unpaired) electrons. The molecule has 1 aromatic rings. The van der Waals surface area contributed by atoms with Crippen molar-refractivity contribution in [2.45, 2.75) is 65.4 Å². The Balaban J connectivity index is 1.65. The van der Waals surface area contributed by atoms with Gasteiger partial charge < -0.3 is 10.1 Å². The number of thiophene rings is 1. The smallest absolute Gasteiger partial charge is 0.407 e. The summed E-state index contributed by atoms with van der Waals surface area (Å²) in [5, 5.41) is 2.59. The quantitative estimate of drug-likeness (QED) is 0.527. The first-order valence-corrected chi connectivity index (χ1v) is 10.1. The van der Waals surface area contributed by atoms with E-state index in [1.165, 1.54) is 21.8 Å². The zero-order chi connectivity index (χ0) is 20.0. The lowest BCUT2D eigenvalue weighted by Crippen LogP contribution is -2.41. The number of ether oxygens (including phenoxy) is 1. The van der Waals surface area contributed by atoms with Gasteiger partial charge in [0, 0.05) is 17.8 Å². The highest BCUT2D eigenvalue weighted by Crippen LogP contribution is 2.32. The van der Waals surface area contributed by atoms with Crippen LogP contribution in [0.4, 0.5) is 4.79 Å². The molecule has 150 valence electrons. The zero-order valence-electron chi connectivity index (χ0n) is 16.4. The number of alkyl carbamates (subject to hydrolysis) is 1. The summed E-state index contributed by atoms with van der Waals surface area (Å²) < 4.78 is 5.11. The molecule has 0 aromatic carbocycles. The van der Waals surface area contributed by atoms with Crippen molar-refractivity contribution >= 4 is 29.2 Å². The highest BCUT2D eigenvalue weighted by molar-refractivity contribution is 7.14. The molecule has 1 aromatic heterocycles. The molecule has 27 heavy (non-hydrogen) atoms. The minimum absolute atomic E-state index is 0.189. The van der Waals surface area contributed by atoms with Crippen molar-refractivity contribution in [1.82, 2.24) is 16.2 Å². The highest BCUT2D eigenvalue weighted by Gasteiger charge is 2.21. The molecule has 7 nitrogen and oxygen atoms in total. The number of hydrogen-bond acceptors (Lipinski definition) is 5. The predicted octanol–water partition coefficient (Wildman–Crippen LogP) is 2.94. The van der Waals surface area contributed by atoms with E-state index >= 15 is 0 Å². The Morgan fingerprint density at radius 2 is 2.00 bits per heavy atom. The first-order valence-electron chi connectivity index (χ1n) is 9.31. The summed E-state index contributed by atoms with van der Waals surface area (Å²) in [6.07, 6.45) is 3.32. The third kappa shape index (κ3) is 7.21. The number of hydrazine groups is 1. The van der Waals surface area contributed by atoms with Gasteiger partial charge in [0.1, 0.15) is 5.60 Å². The van der Waals surface area contributed by atoms with Crippen LogP contribution < -0.4 is 16.2 Å². The minimum Gasteiger partial charge on any atom is -0.444 e. The summed E-state index contributed by atoms with van der Waals surface area (Å²) >= 11 is 1.50. The molecule has 0 spiro atoms. The van der Waals surface area contributed by atoms with E-state index in [9.17, 15) is 14.4 Å².